The summed E-state index contributed by atoms with van der Waals surface area (Å²) in [5, 5.41) is 3.78. The topological polar surface area (TPSA) is 168 Å². The molecule has 0 saturated carbocycles. The van der Waals surface area contributed by atoms with Crippen LogP contribution in [0.3, 0.4) is 0 Å². The average Bonchev–Trinajstić information content (AvgIpc) is 3.81. The van der Waals surface area contributed by atoms with Gasteiger partial charge in [-0.15, -0.1) is 0 Å². The van der Waals surface area contributed by atoms with Gasteiger partial charge in [0.1, 0.15) is 41.4 Å². The molecule has 4 aromatic rings. The fourth-order valence-corrected chi connectivity index (χ4v) is 7.50. The molecule has 320 valence electrons. The number of alkyl carbamates (subject to hydrolysis) is 1. The Kier molecular flexibility index (Phi) is 13.7. The van der Waals surface area contributed by atoms with Crippen molar-refractivity contribution in [2.24, 2.45) is 0 Å². The minimum atomic E-state index is -0.877. The van der Waals surface area contributed by atoms with Crippen LogP contribution < -0.4 is 11.1 Å². The van der Waals surface area contributed by atoms with E-state index in [9.17, 15) is 9.59 Å². The zero-order valence-electron chi connectivity index (χ0n) is 35.4. The Morgan fingerprint density at radius 1 is 0.898 bits per heavy atom. The van der Waals surface area contributed by atoms with Gasteiger partial charge in [0.15, 0.2) is 23.5 Å². The van der Waals surface area contributed by atoms with Crippen LogP contribution in [-0.4, -0.2) is 116 Å². The highest BCUT2D eigenvalue weighted by atomic mass is 35.5. The zero-order valence-corrected chi connectivity index (χ0v) is 36.1. The van der Waals surface area contributed by atoms with Crippen LogP contribution in [0.25, 0.3) is 11.2 Å². The molecule has 15 nitrogen and oxygen atoms in total. The van der Waals surface area contributed by atoms with E-state index in [0.29, 0.717) is 68.2 Å². The number of carbonyl (C=O) groups is 2. The molecule has 2 aliphatic heterocycles. The second-order valence-electron chi connectivity index (χ2n) is 17.7. The highest BCUT2D eigenvalue weighted by Crippen LogP contribution is 2.44. The van der Waals surface area contributed by atoms with Gasteiger partial charge < -0.3 is 39.6 Å². The number of nitrogens with two attached hydrogens (primary N) is 1. The molecule has 3 N–H and O–H groups in total. The quantitative estimate of drug-likeness (QED) is 0.129. The summed E-state index contributed by atoms with van der Waals surface area (Å²) in [4.78, 5) is 43.9. The summed E-state index contributed by atoms with van der Waals surface area (Å²) < 4.78 is 33.2. The van der Waals surface area contributed by atoms with Gasteiger partial charge in [0.05, 0.1) is 6.33 Å². The molecule has 2 saturated heterocycles. The van der Waals surface area contributed by atoms with Gasteiger partial charge in [0.25, 0.3) is 0 Å². The molecule has 2 fully saturated rings. The zero-order chi connectivity index (χ0) is 42.5. The Morgan fingerprint density at radius 2 is 1.59 bits per heavy atom. The van der Waals surface area contributed by atoms with Gasteiger partial charge in [0.2, 0.25) is 0 Å². The molecule has 2 aromatic carbocycles. The van der Waals surface area contributed by atoms with Crippen molar-refractivity contribution in [1.82, 2.24) is 34.6 Å². The maximum Gasteiger partial charge on any atom is 0.410 e. The standard InChI is InChI=1S/C43H59ClN8O7/c1-41(2,3)58-39(53)49-31(24-29-12-10-9-11-13-29)19-20-50(22-23-51(40(54)59-42(4,5)6)21-18-28-14-16-30(44)17-15-28)25-32-34-35(57-43(7,8)56-34)38(55-32)52-27-48-33-36(45)46-26-47-37(33)52/h9-17,26-27,31-32,34-35,38H,18-25H2,1-8H3,(H,49,53)(H2,45,46,47)/t31-,32+,34+,35?,38+/m0/s1. The van der Waals surface area contributed by atoms with E-state index >= 15 is 0 Å². The molecule has 0 spiro atoms. The molecule has 2 aromatic heterocycles. The number of nitrogens with zero attached hydrogens (tertiary/aromatic N) is 6. The van der Waals surface area contributed by atoms with E-state index in [1.807, 2.05) is 115 Å². The number of ether oxygens (including phenoxy) is 5. The van der Waals surface area contributed by atoms with Gasteiger partial charge in [0, 0.05) is 43.8 Å². The van der Waals surface area contributed by atoms with Crippen LogP contribution in [0.5, 0.6) is 0 Å². The first-order valence-corrected chi connectivity index (χ1v) is 20.6. The van der Waals surface area contributed by atoms with E-state index in [1.54, 1.807) is 11.2 Å². The number of benzene rings is 2. The van der Waals surface area contributed by atoms with Crippen molar-refractivity contribution in [1.29, 1.82) is 0 Å². The highest BCUT2D eigenvalue weighted by Gasteiger charge is 2.56. The smallest absolute Gasteiger partial charge is 0.410 e. The van der Waals surface area contributed by atoms with Crippen LogP contribution in [0.2, 0.25) is 5.02 Å². The van der Waals surface area contributed by atoms with Crippen molar-refractivity contribution in [2.75, 3.05) is 38.5 Å². The van der Waals surface area contributed by atoms with Gasteiger partial charge in [-0.3, -0.25) is 9.47 Å². The van der Waals surface area contributed by atoms with Crippen molar-refractivity contribution in [3.8, 4) is 0 Å². The minimum Gasteiger partial charge on any atom is -0.444 e. The number of nitrogens with one attached hydrogen (secondary N) is 1. The first-order valence-electron chi connectivity index (χ1n) is 20.2. The molecule has 16 heteroatoms. The maximum atomic E-state index is 13.7. The highest BCUT2D eigenvalue weighted by molar-refractivity contribution is 6.30. The van der Waals surface area contributed by atoms with Crippen LogP contribution >= 0.6 is 11.6 Å². The Balaban J connectivity index is 1.27. The minimum absolute atomic E-state index is 0.265. The van der Waals surface area contributed by atoms with Gasteiger partial charge in [-0.25, -0.2) is 24.5 Å². The number of aromatic nitrogens is 4. The van der Waals surface area contributed by atoms with Crippen molar-refractivity contribution >= 4 is 40.8 Å². The van der Waals surface area contributed by atoms with Gasteiger partial charge in [-0.2, -0.15) is 0 Å². The number of nitrogen functional groups attached to an aromatic ring is 1. The third kappa shape index (κ3) is 12.3. The van der Waals surface area contributed by atoms with E-state index in [2.05, 4.69) is 25.2 Å². The molecule has 0 aliphatic carbocycles. The first-order chi connectivity index (χ1) is 27.8. The number of rotatable bonds is 15. The number of halogens is 1. The predicted octanol–water partition coefficient (Wildman–Crippen LogP) is 6.79. The molecular weight excluding hydrogens is 776 g/mol. The molecule has 2 amide bonds. The van der Waals surface area contributed by atoms with Crippen LogP contribution in [0.15, 0.2) is 67.3 Å². The second kappa shape index (κ2) is 18.4. The summed E-state index contributed by atoms with van der Waals surface area (Å²) in [5.41, 5.74) is 7.93. The van der Waals surface area contributed by atoms with Crippen molar-refractivity contribution in [2.45, 2.75) is 122 Å². The molecule has 1 unspecified atom stereocenters. The molecule has 0 bridgehead atoms. The van der Waals surface area contributed by atoms with E-state index in [0.717, 1.165) is 11.1 Å². The molecule has 5 atom stereocenters. The summed E-state index contributed by atoms with van der Waals surface area (Å²) in [6.07, 6.45) is 1.92. The van der Waals surface area contributed by atoms with Crippen molar-refractivity contribution in [3.05, 3.63) is 83.4 Å². The number of fused-ring (bicyclic) bond motifs is 2. The molecule has 0 radical (unpaired) electrons. The van der Waals surface area contributed by atoms with Crippen LogP contribution in [0, 0.1) is 0 Å². The number of imidazole rings is 1. The fourth-order valence-electron chi connectivity index (χ4n) is 7.37. The Labute approximate surface area is 351 Å². The van der Waals surface area contributed by atoms with Crippen LogP contribution in [0.1, 0.15) is 79.2 Å². The van der Waals surface area contributed by atoms with Crippen molar-refractivity contribution < 1.29 is 33.3 Å². The lowest BCUT2D eigenvalue weighted by Gasteiger charge is -2.33. The number of amides is 2. The lowest BCUT2D eigenvalue weighted by Crippen LogP contribution is -2.47. The third-order valence-electron chi connectivity index (χ3n) is 9.99. The summed E-state index contributed by atoms with van der Waals surface area (Å²) in [5.74, 6) is -0.608. The van der Waals surface area contributed by atoms with E-state index in [1.165, 1.54) is 6.33 Å². The second-order valence-corrected chi connectivity index (χ2v) is 18.1. The number of anilines is 1. The molecule has 4 heterocycles. The van der Waals surface area contributed by atoms with Crippen molar-refractivity contribution in [3.63, 3.8) is 0 Å². The maximum absolute atomic E-state index is 13.7. The predicted molar refractivity (Wildman–Crippen MR) is 225 cm³/mol. The lowest BCUT2D eigenvalue weighted by atomic mass is 10.0. The fraction of sp³-hybridized carbons (Fsp3) is 0.558. The van der Waals surface area contributed by atoms with Gasteiger partial charge in [-0.05, 0) is 97.9 Å². The summed E-state index contributed by atoms with van der Waals surface area (Å²) >= 11 is 6.16. The lowest BCUT2D eigenvalue weighted by molar-refractivity contribution is -0.198. The number of hydrogen-bond donors (Lipinski definition) is 2. The van der Waals surface area contributed by atoms with E-state index < -0.39 is 53.7 Å². The van der Waals surface area contributed by atoms with E-state index in [-0.39, 0.29) is 11.9 Å². The summed E-state index contributed by atoms with van der Waals surface area (Å²) in [6.45, 7) is 17.1. The van der Waals surface area contributed by atoms with Gasteiger partial charge in [-0.1, -0.05) is 54.1 Å². The largest absolute Gasteiger partial charge is 0.444 e. The first kappa shape index (κ1) is 44.0. The summed E-state index contributed by atoms with van der Waals surface area (Å²) in [7, 11) is 0. The Bertz CT molecular complexity index is 2020. The Hall–Kier alpha value is -4.54. The summed E-state index contributed by atoms with van der Waals surface area (Å²) in [6, 6.07) is 17.4. The molecular formula is C43H59ClN8O7. The SMILES string of the molecule is CC(C)(C)OC(=O)N[C@@H](CCN(CCN(CCc1ccc(Cl)cc1)C(=O)OC(C)(C)C)C[C@H]1O[C@@H](n2cnc3c(N)ncnc32)C2OC(C)(C)O[C@@H]21)Cc1ccccc1. The Morgan fingerprint density at radius 3 is 2.29 bits per heavy atom. The van der Waals surface area contributed by atoms with Gasteiger partial charge >= 0.3 is 12.2 Å². The normalized spacial score (nSPS) is 20.7. The average molecular weight is 835 g/mol. The third-order valence-corrected chi connectivity index (χ3v) is 10.2. The molecule has 6 rings (SSSR count). The van der Waals surface area contributed by atoms with E-state index in [4.69, 9.17) is 41.0 Å². The monoisotopic (exact) mass is 834 g/mol. The van der Waals surface area contributed by atoms with Crippen LogP contribution in [-0.2, 0) is 36.5 Å². The molecule has 59 heavy (non-hydrogen) atoms. The van der Waals surface area contributed by atoms with Crippen LogP contribution in [0.4, 0.5) is 15.4 Å². The molecule has 2 aliphatic rings. The number of carbonyl (C=O) groups excluding carboxylic acids is 2. The number of hydrogen-bond acceptors (Lipinski definition) is 12.